The normalized spacial score (nSPS) is 20.4. The molecule has 2 aromatic rings. The van der Waals surface area contributed by atoms with Crippen LogP contribution in [0.25, 0.3) is 5.76 Å². The van der Waals surface area contributed by atoms with E-state index in [-0.39, 0.29) is 29.2 Å². The maximum atomic E-state index is 14.2. The van der Waals surface area contributed by atoms with Gasteiger partial charge in [-0.3, -0.25) is 14.5 Å². The third-order valence-electron chi connectivity index (χ3n) is 6.48. The van der Waals surface area contributed by atoms with Crippen LogP contribution in [-0.2, 0) is 14.3 Å². The first-order chi connectivity index (χ1) is 16.8. The zero-order chi connectivity index (χ0) is 25.1. The highest BCUT2D eigenvalue weighted by Gasteiger charge is 2.46. The Bertz CT molecular complexity index is 1160. The van der Waals surface area contributed by atoms with Crippen LogP contribution in [0.5, 0.6) is 11.5 Å². The van der Waals surface area contributed by atoms with E-state index >= 15 is 0 Å². The zero-order valence-corrected chi connectivity index (χ0v) is 19.8. The number of aromatic hydroxyl groups is 1. The van der Waals surface area contributed by atoms with Crippen molar-refractivity contribution >= 4 is 17.4 Å². The number of phenolic OH excluding ortho intramolecular Hbond substituents is 1. The van der Waals surface area contributed by atoms with Crippen LogP contribution in [0.2, 0.25) is 0 Å². The molecule has 8 nitrogen and oxygen atoms in total. The number of ether oxygens (including phenoxy) is 2. The number of carbonyl (C=O) groups is 2. The fourth-order valence-corrected chi connectivity index (χ4v) is 4.51. The Labute approximate surface area is 203 Å². The number of aliphatic hydroxyl groups excluding tert-OH is 1. The predicted octanol–water partition coefficient (Wildman–Crippen LogP) is 2.99. The smallest absolute Gasteiger partial charge is 0.295 e. The first kappa shape index (κ1) is 24.7. The van der Waals surface area contributed by atoms with Gasteiger partial charge in [-0.15, -0.1) is 0 Å². The molecule has 35 heavy (non-hydrogen) atoms. The van der Waals surface area contributed by atoms with Gasteiger partial charge >= 0.3 is 0 Å². The van der Waals surface area contributed by atoms with Gasteiger partial charge in [-0.25, -0.2) is 4.39 Å². The number of amides is 1. The molecular weight excluding hydrogens is 455 g/mol. The molecule has 1 unspecified atom stereocenters. The van der Waals surface area contributed by atoms with Crippen molar-refractivity contribution < 1.29 is 33.7 Å². The number of phenols is 1. The summed E-state index contributed by atoms with van der Waals surface area (Å²) in [7, 11) is 1.40. The van der Waals surface area contributed by atoms with E-state index in [2.05, 4.69) is 4.90 Å². The van der Waals surface area contributed by atoms with E-state index in [9.17, 15) is 24.2 Å². The maximum Gasteiger partial charge on any atom is 0.295 e. The van der Waals surface area contributed by atoms with E-state index < -0.39 is 29.3 Å². The molecule has 1 amide bonds. The van der Waals surface area contributed by atoms with Crippen molar-refractivity contribution in [3.63, 3.8) is 0 Å². The van der Waals surface area contributed by atoms with E-state index in [0.717, 1.165) is 25.7 Å². The van der Waals surface area contributed by atoms with Gasteiger partial charge in [-0.1, -0.05) is 18.2 Å². The average Bonchev–Trinajstić information content (AvgIpc) is 3.11. The molecule has 186 valence electrons. The summed E-state index contributed by atoms with van der Waals surface area (Å²) in [5.41, 5.74) is 0.858. The molecule has 0 spiro atoms. The van der Waals surface area contributed by atoms with Gasteiger partial charge in [-0.2, -0.15) is 0 Å². The number of methoxy groups -OCH3 is 1. The Morgan fingerprint density at radius 3 is 2.57 bits per heavy atom. The number of aliphatic hydroxyl groups is 1. The minimum absolute atomic E-state index is 0.0962. The molecule has 2 aromatic carbocycles. The van der Waals surface area contributed by atoms with Crippen molar-refractivity contribution in [2.24, 2.45) is 0 Å². The predicted molar refractivity (Wildman–Crippen MR) is 127 cm³/mol. The van der Waals surface area contributed by atoms with E-state index in [1.165, 1.54) is 36.3 Å². The first-order valence-electron chi connectivity index (χ1n) is 11.5. The minimum atomic E-state index is -0.918. The van der Waals surface area contributed by atoms with Gasteiger partial charge in [0.2, 0.25) is 0 Å². The number of benzene rings is 2. The van der Waals surface area contributed by atoms with Gasteiger partial charge < -0.3 is 24.6 Å². The van der Waals surface area contributed by atoms with Crippen molar-refractivity contribution in [3.05, 3.63) is 64.5 Å². The number of aryl methyl sites for hydroxylation is 1. The lowest BCUT2D eigenvalue weighted by atomic mass is 9.94. The van der Waals surface area contributed by atoms with Gasteiger partial charge in [0, 0.05) is 31.7 Å². The molecule has 0 aliphatic carbocycles. The van der Waals surface area contributed by atoms with Gasteiger partial charge in [-0.05, 0) is 42.7 Å². The summed E-state index contributed by atoms with van der Waals surface area (Å²) in [6.07, 6.45) is 0.609. The Morgan fingerprint density at radius 2 is 1.89 bits per heavy atom. The number of Topliss-reactive ketones (excluding diaryl/α,β-unsaturated/α-hetero) is 1. The number of likely N-dealkylation sites (tertiary alicyclic amines) is 1. The monoisotopic (exact) mass is 484 g/mol. The summed E-state index contributed by atoms with van der Waals surface area (Å²) in [5.74, 6) is -2.49. The quantitative estimate of drug-likeness (QED) is 0.354. The van der Waals surface area contributed by atoms with Crippen LogP contribution >= 0.6 is 0 Å². The van der Waals surface area contributed by atoms with Gasteiger partial charge in [0.15, 0.2) is 11.5 Å². The van der Waals surface area contributed by atoms with Crippen LogP contribution < -0.4 is 4.74 Å². The molecule has 0 aromatic heterocycles. The molecule has 2 fully saturated rings. The molecule has 2 aliphatic rings. The SMILES string of the molecule is COc1cc(C2/C(=C(/O)c3ccc(C)c(F)c3)C(=O)C(=O)N2CCCN2CCOCC2)ccc1O. The summed E-state index contributed by atoms with van der Waals surface area (Å²) >= 11 is 0. The third-order valence-corrected chi connectivity index (χ3v) is 6.48. The third kappa shape index (κ3) is 5.01. The van der Waals surface area contributed by atoms with Crippen LogP contribution in [0.1, 0.15) is 29.2 Å². The zero-order valence-electron chi connectivity index (χ0n) is 19.8. The summed E-state index contributed by atoms with van der Waals surface area (Å²) in [6.45, 7) is 5.51. The molecule has 0 saturated carbocycles. The number of hydrogen-bond donors (Lipinski definition) is 2. The van der Waals surface area contributed by atoms with Crippen molar-refractivity contribution in [1.82, 2.24) is 9.80 Å². The summed E-state index contributed by atoms with van der Waals surface area (Å²) in [6, 6.07) is 7.75. The van der Waals surface area contributed by atoms with Crippen molar-refractivity contribution in [2.45, 2.75) is 19.4 Å². The highest BCUT2D eigenvalue weighted by Crippen LogP contribution is 2.42. The lowest BCUT2D eigenvalue weighted by molar-refractivity contribution is -0.140. The number of halogens is 1. The largest absolute Gasteiger partial charge is 0.507 e. The fraction of sp³-hybridized carbons (Fsp3) is 0.385. The van der Waals surface area contributed by atoms with Gasteiger partial charge in [0.25, 0.3) is 11.7 Å². The molecule has 2 N–H and O–H groups in total. The molecule has 2 heterocycles. The van der Waals surface area contributed by atoms with E-state index in [1.807, 2.05) is 0 Å². The second-order valence-electron chi connectivity index (χ2n) is 8.70. The molecule has 2 saturated heterocycles. The second kappa shape index (κ2) is 10.5. The van der Waals surface area contributed by atoms with Crippen LogP contribution in [0, 0.1) is 12.7 Å². The van der Waals surface area contributed by atoms with Crippen LogP contribution in [0.3, 0.4) is 0 Å². The Hall–Kier alpha value is -3.43. The number of morpholine rings is 1. The highest BCUT2D eigenvalue weighted by atomic mass is 19.1. The number of nitrogens with zero attached hydrogens (tertiary/aromatic N) is 2. The fourth-order valence-electron chi connectivity index (χ4n) is 4.51. The van der Waals surface area contributed by atoms with E-state index in [1.54, 1.807) is 13.0 Å². The standard InChI is InChI=1S/C26H29FN2O6/c1-16-4-5-18(14-19(16)27)24(31)22-23(17-6-7-20(30)21(15-17)34-2)29(26(33)25(22)32)9-3-8-28-10-12-35-13-11-28/h4-7,14-15,23,30-31H,3,8-13H2,1-2H3/b24-22-. The van der Waals surface area contributed by atoms with Crippen LogP contribution in [-0.4, -0.2) is 78.2 Å². The number of hydrogen-bond acceptors (Lipinski definition) is 7. The maximum absolute atomic E-state index is 14.2. The highest BCUT2D eigenvalue weighted by molar-refractivity contribution is 6.46. The van der Waals surface area contributed by atoms with Crippen molar-refractivity contribution in [2.75, 3.05) is 46.5 Å². The van der Waals surface area contributed by atoms with Crippen molar-refractivity contribution in [1.29, 1.82) is 0 Å². The molecule has 9 heteroatoms. The molecule has 2 aliphatic heterocycles. The minimum Gasteiger partial charge on any atom is -0.507 e. The molecule has 1 atom stereocenters. The van der Waals surface area contributed by atoms with Crippen molar-refractivity contribution in [3.8, 4) is 11.5 Å². The molecule has 4 rings (SSSR count). The number of ketones is 1. The summed E-state index contributed by atoms with van der Waals surface area (Å²) < 4.78 is 24.8. The lowest BCUT2D eigenvalue weighted by Gasteiger charge is -2.29. The summed E-state index contributed by atoms with van der Waals surface area (Å²) in [4.78, 5) is 29.9. The second-order valence-corrected chi connectivity index (χ2v) is 8.70. The Balaban J connectivity index is 1.73. The van der Waals surface area contributed by atoms with Gasteiger partial charge in [0.1, 0.15) is 11.6 Å². The Kier molecular flexibility index (Phi) is 7.37. The molecular formula is C26H29FN2O6. The Morgan fingerprint density at radius 1 is 1.14 bits per heavy atom. The average molecular weight is 485 g/mol. The van der Waals surface area contributed by atoms with E-state index in [0.29, 0.717) is 30.8 Å². The first-order valence-corrected chi connectivity index (χ1v) is 11.5. The molecule has 0 bridgehead atoms. The van der Waals surface area contributed by atoms with E-state index in [4.69, 9.17) is 9.47 Å². The topological polar surface area (TPSA) is 99.5 Å². The lowest BCUT2D eigenvalue weighted by Crippen LogP contribution is -2.38. The van der Waals surface area contributed by atoms with Gasteiger partial charge in [0.05, 0.1) is 31.9 Å². The number of carbonyl (C=O) groups excluding carboxylic acids is 2. The van der Waals surface area contributed by atoms with Crippen LogP contribution in [0.4, 0.5) is 4.39 Å². The number of rotatable bonds is 7. The van der Waals surface area contributed by atoms with Crippen LogP contribution in [0.15, 0.2) is 42.0 Å². The molecule has 0 radical (unpaired) electrons. The summed E-state index contributed by atoms with van der Waals surface area (Å²) in [5, 5.41) is 21.1.